The van der Waals surface area contributed by atoms with Gasteiger partial charge in [-0.1, -0.05) is 18.2 Å². The number of likely N-dealkylation sites (N-methyl/N-ethyl adjacent to an activating group) is 1. The summed E-state index contributed by atoms with van der Waals surface area (Å²) in [6.45, 7) is 2.04. The number of hydrogen-bond acceptors (Lipinski definition) is 4. The number of rotatable bonds is 4. The summed E-state index contributed by atoms with van der Waals surface area (Å²) in [6.07, 6.45) is 2.90. The summed E-state index contributed by atoms with van der Waals surface area (Å²) in [5.74, 6) is 0. The lowest BCUT2D eigenvalue weighted by Gasteiger charge is -2.30. The molecule has 2 heterocycles. The van der Waals surface area contributed by atoms with Crippen molar-refractivity contribution in [2.75, 3.05) is 26.9 Å². The van der Waals surface area contributed by atoms with Crippen LogP contribution in [-0.2, 0) is 15.9 Å². The third-order valence-corrected chi connectivity index (χ3v) is 3.84. The van der Waals surface area contributed by atoms with Crippen LogP contribution in [0, 0.1) is 0 Å². The minimum atomic E-state index is 0.112. The zero-order chi connectivity index (χ0) is 13.8. The molecule has 106 valence electrons. The van der Waals surface area contributed by atoms with Crippen LogP contribution in [-0.4, -0.2) is 44.0 Å². The molecule has 20 heavy (non-hydrogen) atoms. The molecule has 1 aromatic heterocycles. The maximum atomic E-state index is 5.81. The van der Waals surface area contributed by atoms with Crippen molar-refractivity contribution in [2.45, 2.75) is 18.6 Å². The number of pyridine rings is 1. The summed E-state index contributed by atoms with van der Waals surface area (Å²) in [5.41, 5.74) is 2.34. The third kappa shape index (κ3) is 2.82. The Morgan fingerprint density at radius 1 is 1.30 bits per heavy atom. The third-order valence-electron chi connectivity index (χ3n) is 3.84. The maximum absolute atomic E-state index is 5.81. The Morgan fingerprint density at radius 3 is 3.00 bits per heavy atom. The van der Waals surface area contributed by atoms with E-state index in [-0.39, 0.29) is 12.1 Å². The van der Waals surface area contributed by atoms with E-state index in [2.05, 4.69) is 28.5 Å². The first-order valence-corrected chi connectivity index (χ1v) is 7.07. The fourth-order valence-electron chi connectivity index (χ4n) is 2.73. The molecule has 0 bridgehead atoms. The lowest BCUT2D eigenvalue weighted by Crippen LogP contribution is -2.46. The Bertz CT molecular complexity index is 562. The molecule has 1 aliphatic heterocycles. The predicted octanol–water partition coefficient (Wildman–Crippen LogP) is 1.78. The molecule has 3 rings (SSSR count). The SMILES string of the molecule is CNC(Cc1ccnc2ccccc12)C1COCCO1. The molecule has 0 radical (unpaired) electrons. The van der Waals surface area contributed by atoms with Crippen LogP contribution in [0.1, 0.15) is 5.56 Å². The number of ether oxygens (including phenoxy) is 2. The normalized spacial score (nSPS) is 20.9. The highest BCUT2D eigenvalue weighted by Gasteiger charge is 2.24. The van der Waals surface area contributed by atoms with Gasteiger partial charge < -0.3 is 14.8 Å². The van der Waals surface area contributed by atoms with Crippen LogP contribution in [0.3, 0.4) is 0 Å². The van der Waals surface area contributed by atoms with Crippen LogP contribution in [0.15, 0.2) is 36.5 Å². The Morgan fingerprint density at radius 2 is 2.20 bits per heavy atom. The van der Waals surface area contributed by atoms with Gasteiger partial charge in [-0.05, 0) is 31.2 Å². The van der Waals surface area contributed by atoms with Gasteiger partial charge >= 0.3 is 0 Å². The molecule has 4 nitrogen and oxygen atoms in total. The second kappa shape index (κ2) is 6.31. The number of aromatic nitrogens is 1. The van der Waals surface area contributed by atoms with E-state index in [1.807, 2.05) is 25.4 Å². The first-order valence-electron chi connectivity index (χ1n) is 7.07. The van der Waals surface area contributed by atoms with Gasteiger partial charge in [0, 0.05) is 17.6 Å². The molecule has 1 N–H and O–H groups in total. The topological polar surface area (TPSA) is 43.4 Å². The Balaban J connectivity index is 1.83. The van der Waals surface area contributed by atoms with E-state index < -0.39 is 0 Å². The van der Waals surface area contributed by atoms with Crippen molar-refractivity contribution in [3.05, 3.63) is 42.1 Å². The molecule has 1 fully saturated rings. The van der Waals surface area contributed by atoms with Crippen molar-refractivity contribution >= 4 is 10.9 Å². The Labute approximate surface area is 119 Å². The summed E-state index contributed by atoms with van der Waals surface area (Å²) in [6, 6.07) is 10.6. The number of hydrogen-bond donors (Lipinski definition) is 1. The van der Waals surface area contributed by atoms with Gasteiger partial charge in [0.05, 0.1) is 31.4 Å². The highest BCUT2D eigenvalue weighted by Crippen LogP contribution is 2.19. The lowest BCUT2D eigenvalue weighted by molar-refractivity contribution is -0.100. The Kier molecular flexibility index (Phi) is 4.25. The second-order valence-corrected chi connectivity index (χ2v) is 5.07. The molecule has 2 atom stereocenters. The number of nitrogens with zero attached hydrogens (tertiary/aromatic N) is 1. The smallest absolute Gasteiger partial charge is 0.0965 e. The summed E-state index contributed by atoms with van der Waals surface area (Å²) in [5, 5.41) is 4.57. The summed E-state index contributed by atoms with van der Waals surface area (Å²) >= 11 is 0. The second-order valence-electron chi connectivity index (χ2n) is 5.07. The highest BCUT2D eigenvalue weighted by atomic mass is 16.6. The summed E-state index contributed by atoms with van der Waals surface area (Å²) in [4.78, 5) is 4.41. The average Bonchev–Trinajstić information content (AvgIpc) is 2.53. The van der Waals surface area contributed by atoms with Crippen LogP contribution in [0.4, 0.5) is 0 Å². The molecular formula is C16H20N2O2. The zero-order valence-corrected chi connectivity index (χ0v) is 11.7. The molecule has 4 heteroatoms. The lowest BCUT2D eigenvalue weighted by atomic mass is 9.98. The van der Waals surface area contributed by atoms with E-state index in [1.165, 1.54) is 10.9 Å². The molecule has 0 spiro atoms. The van der Waals surface area contributed by atoms with Crippen LogP contribution < -0.4 is 5.32 Å². The molecule has 1 aliphatic rings. The van der Waals surface area contributed by atoms with Gasteiger partial charge in [-0.25, -0.2) is 0 Å². The van der Waals surface area contributed by atoms with E-state index in [4.69, 9.17) is 9.47 Å². The molecular weight excluding hydrogens is 252 g/mol. The molecule has 1 aromatic carbocycles. The monoisotopic (exact) mass is 272 g/mol. The van der Waals surface area contributed by atoms with E-state index in [1.54, 1.807) is 0 Å². The van der Waals surface area contributed by atoms with Gasteiger partial charge in [0.25, 0.3) is 0 Å². The van der Waals surface area contributed by atoms with Crippen molar-refractivity contribution in [3.63, 3.8) is 0 Å². The van der Waals surface area contributed by atoms with Crippen LogP contribution in [0.25, 0.3) is 10.9 Å². The number of fused-ring (bicyclic) bond motifs is 1. The Hall–Kier alpha value is -1.49. The van der Waals surface area contributed by atoms with E-state index >= 15 is 0 Å². The summed E-state index contributed by atoms with van der Waals surface area (Å²) < 4.78 is 11.3. The van der Waals surface area contributed by atoms with Crippen molar-refractivity contribution in [1.29, 1.82) is 0 Å². The van der Waals surface area contributed by atoms with Crippen molar-refractivity contribution < 1.29 is 9.47 Å². The van der Waals surface area contributed by atoms with Gasteiger partial charge in [-0.15, -0.1) is 0 Å². The van der Waals surface area contributed by atoms with E-state index in [0.29, 0.717) is 19.8 Å². The van der Waals surface area contributed by atoms with Crippen molar-refractivity contribution in [3.8, 4) is 0 Å². The fourth-order valence-corrected chi connectivity index (χ4v) is 2.73. The van der Waals surface area contributed by atoms with Crippen LogP contribution in [0.5, 0.6) is 0 Å². The molecule has 2 unspecified atom stereocenters. The maximum Gasteiger partial charge on any atom is 0.0965 e. The molecule has 0 aliphatic carbocycles. The van der Waals surface area contributed by atoms with Gasteiger partial charge in [0.2, 0.25) is 0 Å². The zero-order valence-electron chi connectivity index (χ0n) is 11.7. The minimum Gasteiger partial charge on any atom is -0.376 e. The van der Waals surface area contributed by atoms with Crippen LogP contribution >= 0.6 is 0 Å². The van der Waals surface area contributed by atoms with E-state index in [0.717, 1.165) is 11.9 Å². The minimum absolute atomic E-state index is 0.112. The quantitative estimate of drug-likeness (QED) is 0.921. The molecule has 0 amide bonds. The average molecular weight is 272 g/mol. The van der Waals surface area contributed by atoms with Crippen LogP contribution in [0.2, 0.25) is 0 Å². The highest BCUT2D eigenvalue weighted by molar-refractivity contribution is 5.81. The van der Waals surface area contributed by atoms with Gasteiger partial charge in [0.1, 0.15) is 0 Å². The van der Waals surface area contributed by atoms with Gasteiger partial charge in [-0.3, -0.25) is 4.98 Å². The number of benzene rings is 1. The van der Waals surface area contributed by atoms with E-state index in [9.17, 15) is 0 Å². The molecule has 1 saturated heterocycles. The summed E-state index contributed by atoms with van der Waals surface area (Å²) in [7, 11) is 1.98. The molecule has 2 aromatic rings. The predicted molar refractivity (Wildman–Crippen MR) is 78.9 cm³/mol. The number of nitrogens with one attached hydrogen (secondary N) is 1. The van der Waals surface area contributed by atoms with Crippen molar-refractivity contribution in [2.24, 2.45) is 0 Å². The first-order chi connectivity index (χ1) is 9.88. The van der Waals surface area contributed by atoms with Gasteiger partial charge in [0.15, 0.2) is 0 Å². The number of para-hydroxylation sites is 1. The first kappa shape index (κ1) is 13.5. The molecule has 0 saturated carbocycles. The standard InChI is InChI=1S/C16H20N2O2/c1-17-15(16-11-19-8-9-20-16)10-12-6-7-18-14-5-3-2-4-13(12)14/h2-7,15-17H,8-11H2,1H3. The fraction of sp³-hybridized carbons (Fsp3) is 0.438. The van der Waals surface area contributed by atoms with Crippen molar-refractivity contribution in [1.82, 2.24) is 10.3 Å². The van der Waals surface area contributed by atoms with Gasteiger partial charge in [-0.2, -0.15) is 0 Å². The largest absolute Gasteiger partial charge is 0.376 e.